The molecule has 4 rings (SSSR count). The molecule has 4 saturated carbocycles. The van der Waals surface area contributed by atoms with Crippen molar-refractivity contribution in [1.29, 1.82) is 0 Å². The quantitative estimate of drug-likeness (QED) is 0.265. The Labute approximate surface area is 276 Å². The Balaban J connectivity index is 1.80. The lowest BCUT2D eigenvalue weighted by Gasteiger charge is -2.65. The molecule has 256 valence electrons. The molecule has 9 atom stereocenters. The van der Waals surface area contributed by atoms with E-state index in [-0.39, 0.29) is 38.2 Å². The molecule has 0 saturated heterocycles. The number of carbonyl (C=O) groups is 1. The first-order valence-corrected chi connectivity index (χ1v) is 26.9. The highest BCUT2D eigenvalue weighted by Crippen LogP contribution is 2.67. The molecular weight excluding hydrogens is 593 g/mol. The number of hydrogen-bond acceptors (Lipinski definition) is 4. The van der Waals surface area contributed by atoms with Crippen LogP contribution in [0.15, 0.2) is 0 Å². The zero-order valence-corrected chi connectivity index (χ0v) is 35.1. The van der Waals surface area contributed by atoms with Crippen LogP contribution in [-0.4, -0.2) is 49.0 Å². The highest BCUT2D eigenvalue weighted by atomic mass is 28.4. The lowest BCUT2D eigenvalue weighted by Crippen LogP contribution is -2.66. The summed E-state index contributed by atoms with van der Waals surface area (Å²) in [4.78, 5) is 13.7. The second kappa shape index (κ2) is 11.4. The van der Waals surface area contributed by atoms with Gasteiger partial charge in [-0.05, 0) is 122 Å². The van der Waals surface area contributed by atoms with E-state index in [1.165, 1.54) is 6.42 Å². The lowest BCUT2D eigenvalue weighted by molar-refractivity contribution is -0.197. The molecule has 0 radical (unpaired) electrons. The Morgan fingerprint density at radius 1 is 0.659 bits per heavy atom. The van der Waals surface area contributed by atoms with E-state index >= 15 is 0 Å². The second-order valence-electron chi connectivity index (χ2n) is 20.8. The summed E-state index contributed by atoms with van der Waals surface area (Å²) < 4.78 is 22.3. The third-order valence-electron chi connectivity index (χ3n) is 15.0. The average molecular weight is 665 g/mol. The first-order chi connectivity index (χ1) is 19.6. The van der Waals surface area contributed by atoms with Crippen molar-refractivity contribution in [3.8, 4) is 0 Å². The molecule has 0 unspecified atom stereocenters. The molecule has 0 heterocycles. The number of fused-ring (bicyclic) bond motifs is 5. The van der Waals surface area contributed by atoms with Crippen molar-refractivity contribution >= 4 is 30.7 Å². The van der Waals surface area contributed by atoms with Gasteiger partial charge in [0.05, 0.1) is 0 Å². The Hall–Kier alpha value is 0.201. The van der Waals surface area contributed by atoms with Gasteiger partial charge < -0.3 is 13.3 Å². The molecule has 0 aliphatic heterocycles. The van der Waals surface area contributed by atoms with Gasteiger partial charge in [-0.1, -0.05) is 76.2 Å². The van der Waals surface area contributed by atoms with E-state index in [0.29, 0.717) is 35.6 Å². The van der Waals surface area contributed by atoms with E-state index in [4.69, 9.17) is 13.3 Å². The van der Waals surface area contributed by atoms with Crippen LogP contribution in [0.5, 0.6) is 0 Å². The number of rotatable bonds is 6. The summed E-state index contributed by atoms with van der Waals surface area (Å²) in [5, 5.41) is 0.495. The maximum Gasteiger partial charge on any atom is 0.192 e. The van der Waals surface area contributed by atoms with Crippen molar-refractivity contribution in [3.05, 3.63) is 0 Å². The summed E-state index contributed by atoms with van der Waals surface area (Å²) in [5.74, 6) is 2.34. The maximum atomic E-state index is 13.7. The van der Waals surface area contributed by atoms with Crippen LogP contribution >= 0.6 is 0 Å². The Morgan fingerprint density at radius 3 is 1.64 bits per heavy atom. The minimum atomic E-state index is -2.06. The molecule has 4 fully saturated rings. The average Bonchev–Trinajstić information content (AvgIpc) is 3.10. The molecule has 0 bridgehead atoms. The van der Waals surface area contributed by atoms with Crippen LogP contribution in [-0.2, 0) is 18.1 Å². The van der Waals surface area contributed by atoms with Gasteiger partial charge in [-0.2, -0.15) is 0 Å². The normalized spacial score (nSPS) is 39.1. The van der Waals surface area contributed by atoms with Gasteiger partial charge in [0.15, 0.2) is 25.0 Å². The van der Waals surface area contributed by atoms with E-state index in [1.807, 2.05) is 0 Å². The predicted molar refractivity (Wildman–Crippen MR) is 194 cm³/mol. The first kappa shape index (κ1) is 37.0. The van der Waals surface area contributed by atoms with Crippen LogP contribution in [0.3, 0.4) is 0 Å². The van der Waals surface area contributed by atoms with Gasteiger partial charge in [0.2, 0.25) is 0 Å². The number of carbonyl (C=O) groups excluding carboxylic acids is 1. The SMILES string of the molecule is CC(C)(C)[Si](C)(C)O[C@H]1CC[C@]2(C)[C@@H]3[C@@H](C[C@H](O[Si](C)(C)C(C)(C)C)[C@H]2C1)[C@@H]1CCC(=O)[C@@]1(C)C[C@@H]3O[Si](C)(C)C(C)(C)C. The van der Waals surface area contributed by atoms with Crippen molar-refractivity contribution in [3.63, 3.8) is 0 Å². The standard InChI is InChI=1S/C37H72O4Si3/c1-33(2,3)42(12,13)39-25-20-21-36(10)28(22-25)29(40-43(14,15)34(4,5)6)23-26-27-18-19-31(38)37(27,11)24-30(32(26)36)41-44(16,17)35(7,8)9/h25-30,32H,18-24H2,1-17H3/t25-,26-,27-,28+,29-,30-,32+,36-,37-/m0/s1. The molecule has 0 aromatic heterocycles. The Morgan fingerprint density at radius 2 is 1.14 bits per heavy atom. The van der Waals surface area contributed by atoms with E-state index in [1.54, 1.807) is 0 Å². The Kier molecular flexibility index (Phi) is 9.58. The highest BCUT2D eigenvalue weighted by molar-refractivity contribution is 6.75. The minimum absolute atomic E-state index is 0.114. The smallest absolute Gasteiger partial charge is 0.192 e. The molecule has 44 heavy (non-hydrogen) atoms. The summed E-state index contributed by atoms with van der Waals surface area (Å²) in [5.41, 5.74) is -0.148. The highest BCUT2D eigenvalue weighted by Gasteiger charge is 2.67. The summed E-state index contributed by atoms with van der Waals surface area (Å²) >= 11 is 0. The molecule has 4 nitrogen and oxygen atoms in total. The zero-order chi connectivity index (χ0) is 33.7. The molecule has 7 heteroatoms. The molecule has 0 spiro atoms. The zero-order valence-electron chi connectivity index (χ0n) is 32.1. The van der Waals surface area contributed by atoms with Gasteiger partial charge in [-0.25, -0.2) is 0 Å². The van der Waals surface area contributed by atoms with E-state index in [2.05, 4.69) is 115 Å². The molecule has 0 N–H and O–H groups in total. The van der Waals surface area contributed by atoms with E-state index in [0.717, 1.165) is 38.5 Å². The summed E-state index contributed by atoms with van der Waals surface area (Å²) in [6.45, 7) is 40.8. The van der Waals surface area contributed by atoms with Gasteiger partial charge in [-0.15, -0.1) is 0 Å². The molecular formula is C37H72O4Si3. The Bertz CT molecular complexity index is 1080. The van der Waals surface area contributed by atoms with Gasteiger partial charge in [-0.3, -0.25) is 4.79 Å². The second-order valence-corrected chi connectivity index (χ2v) is 35.1. The van der Waals surface area contributed by atoms with Crippen LogP contribution in [0.25, 0.3) is 0 Å². The monoisotopic (exact) mass is 664 g/mol. The minimum Gasteiger partial charge on any atom is -0.414 e. The number of ketones is 1. The van der Waals surface area contributed by atoms with Crippen molar-refractivity contribution in [2.45, 2.75) is 194 Å². The molecule has 0 amide bonds. The van der Waals surface area contributed by atoms with Crippen LogP contribution in [0.2, 0.25) is 54.4 Å². The fourth-order valence-electron chi connectivity index (χ4n) is 9.15. The lowest BCUT2D eigenvalue weighted by atomic mass is 9.44. The van der Waals surface area contributed by atoms with Gasteiger partial charge >= 0.3 is 0 Å². The van der Waals surface area contributed by atoms with Crippen molar-refractivity contribution < 1.29 is 18.1 Å². The molecule has 0 aromatic rings. The summed E-state index contributed by atoms with van der Waals surface area (Å²) in [7, 11) is -5.98. The summed E-state index contributed by atoms with van der Waals surface area (Å²) in [6.07, 6.45) is 7.84. The van der Waals surface area contributed by atoms with Gasteiger partial charge in [0.25, 0.3) is 0 Å². The van der Waals surface area contributed by atoms with Gasteiger partial charge in [0, 0.05) is 30.1 Å². The van der Waals surface area contributed by atoms with Crippen LogP contribution in [0.1, 0.15) is 121 Å². The largest absolute Gasteiger partial charge is 0.414 e. The molecule has 4 aliphatic rings. The van der Waals surface area contributed by atoms with Crippen molar-refractivity contribution in [1.82, 2.24) is 0 Å². The van der Waals surface area contributed by atoms with E-state index in [9.17, 15) is 4.79 Å². The van der Waals surface area contributed by atoms with Crippen LogP contribution in [0.4, 0.5) is 0 Å². The van der Waals surface area contributed by atoms with Crippen LogP contribution in [0, 0.1) is 34.5 Å². The van der Waals surface area contributed by atoms with Crippen LogP contribution < -0.4 is 0 Å². The van der Waals surface area contributed by atoms with E-state index < -0.39 is 25.0 Å². The summed E-state index contributed by atoms with van der Waals surface area (Å²) in [6, 6.07) is 0. The maximum absolute atomic E-state index is 13.7. The third kappa shape index (κ3) is 6.35. The van der Waals surface area contributed by atoms with Crippen molar-refractivity contribution in [2.75, 3.05) is 0 Å². The molecule has 4 aliphatic carbocycles. The third-order valence-corrected chi connectivity index (χ3v) is 28.5. The number of hydrogen-bond donors (Lipinski definition) is 0. The fourth-order valence-corrected chi connectivity index (χ4v) is 13.3. The predicted octanol–water partition coefficient (Wildman–Crippen LogP) is 11.0. The topological polar surface area (TPSA) is 44.8 Å². The molecule has 0 aromatic carbocycles. The van der Waals surface area contributed by atoms with Gasteiger partial charge in [0.1, 0.15) is 5.78 Å². The first-order valence-electron chi connectivity index (χ1n) is 18.1. The number of Topliss-reactive ketones (excluding diaryl/α,β-unsaturated/α-hetero) is 1. The fraction of sp³-hybridized carbons (Fsp3) is 0.973. The van der Waals surface area contributed by atoms with Crippen molar-refractivity contribution in [2.24, 2.45) is 34.5 Å².